The maximum Gasteiger partial charge on any atom is 0.391 e. The fraction of sp³-hybridized carbons (Fsp3) is 0.471. The zero-order valence-electron chi connectivity index (χ0n) is 13.4. The van der Waals surface area contributed by atoms with Gasteiger partial charge >= 0.3 is 6.18 Å². The van der Waals surface area contributed by atoms with Gasteiger partial charge in [0.2, 0.25) is 11.3 Å². The number of benzene rings is 1. The molecule has 0 radical (unpaired) electrons. The molecule has 0 aliphatic heterocycles. The van der Waals surface area contributed by atoms with Gasteiger partial charge in [-0.15, -0.1) is 0 Å². The molecule has 5 nitrogen and oxygen atoms in total. The van der Waals surface area contributed by atoms with Crippen LogP contribution in [-0.2, 0) is 11.3 Å². The summed E-state index contributed by atoms with van der Waals surface area (Å²) in [6.07, 6.45) is -2.09. The molecule has 1 heterocycles. The van der Waals surface area contributed by atoms with E-state index in [1.54, 1.807) is 24.3 Å². The fourth-order valence-electron chi connectivity index (χ4n) is 3.31. The Morgan fingerprint density at radius 3 is 2.80 bits per heavy atom. The monoisotopic (exact) mass is 353 g/mol. The Balaban J connectivity index is 1.69. The molecule has 134 valence electrons. The van der Waals surface area contributed by atoms with E-state index in [1.807, 2.05) is 0 Å². The number of fused-ring (bicyclic) bond motifs is 1. The highest BCUT2D eigenvalue weighted by Crippen LogP contribution is 2.37. The average Bonchev–Trinajstić information content (AvgIpc) is 2.57. The lowest BCUT2D eigenvalue weighted by Crippen LogP contribution is -2.43. The van der Waals surface area contributed by atoms with E-state index >= 15 is 0 Å². The lowest BCUT2D eigenvalue weighted by molar-refractivity contribution is -0.184. The number of nitrogens with one attached hydrogen (secondary N) is 1. The minimum absolute atomic E-state index is 0.0897. The van der Waals surface area contributed by atoms with Gasteiger partial charge in [0.1, 0.15) is 6.54 Å². The minimum atomic E-state index is -4.22. The number of carbonyl (C=O) groups excluding carboxylic acids is 1. The smallest absolute Gasteiger partial charge is 0.352 e. The topological polar surface area (TPSA) is 64.0 Å². The molecule has 1 amide bonds. The average molecular weight is 353 g/mol. The molecular weight excluding hydrogens is 335 g/mol. The molecule has 0 spiro atoms. The lowest BCUT2D eigenvalue weighted by atomic mass is 9.85. The third kappa shape index (κ3) is 4.00. The van der Waals surface area contributed by atoms with Crippen molar-refractivity contribution in [2.45, 2.75) is 44.4 Å². The van der Waals surface area contributed by atoms with Crippen LogP contribution in [0.3, 0.4) is 0 Å². The fourth-order valence-corrected chi connectivity index (χ4v) is 3.31. The summed E-state index contributed by atoms with van der Waals surface area (Å²) in [6.45, 7) is -0.145. The van der Waals surface area contributed by atoms with Gasteiger partial charge in [-0.05, 0) is 31.4 Å². The van der Waals surface area contributed by atoms with Crippen molar-refractivity contribution in [2.24, 2.45) is 5.92 Å². The van der Waals surface area contributed by atoms with Crippen LogP contribution >= 0.6 is 0 Å². The molecular formula is C17H18F3N3O2. The Morgan fingerprint density at radius 1 is 1.28 bits per heavy atom. The van der Waals surface area contributed by atoms with Gasteiger partial charge in [-0.3, -0.25) is 14.3 Å². The highest BCUT2D eigenvalue weighted by atomic mass is 19.4. The predicted octanol–water partition coefficient (Wildman–Crippen LogP) is 2.63. The molecule has 0 unspecified atom stereocenters. The van der Waals surface area contributed by atoms with Gasteiger partial charge in [0.25, 0.3) is 0 Å². The zero-order valence-corrected chi connectivity index (χ0v) is 13.4. The lowest BCUT2D eigenvalue weighted by Gasteiger charge is -2.31. The van der Waals surface area contributed by atoms with E-state index in [0.717, 1.165) is 6.20 Å². The van der Waals surface area contributed by atoms with Crippen molar-refractivity contribution >= 4 is 16.8 Å². The number of carbonyl (C=O) groups is 1. The summed E-state index contributed by atoms with van der Waals surface area (Å²) in [5.41, 5.74) is 0.273. The van der Waals surface area contributed by atoms with Gasteiger partial charge < -0.3 is 5.32 Å². The summed E-state index contributed by atoms with van der Waals surface area (Å²) in [5.74, 6) is -1.77. The van der Waals surface area contributed by atoms with E-state index in [0.29, 0.717) is 23.7 Å². The number of halogens is 3. The number of hydrogen-bond donors (Lipinski definition) is 1. The number of alkyl halides is 3. The standard InChI is InChI=1S/C17H18F3N3O2/c18-17(19,20)11-4-3-5-12(8-11)22-16(25)10-23-14-7-2-1-6-13(14)15(24)9-21-23/h1-2,6-7,9,11-12H,3-5,8,10H2,(H,22,25)/t11-,12+/m1/s1. The molecule has 2 atom stereocenters. The van der Waals surface area contributed by atoms with Crippen LogP contribution < -0.4 is 10.7 Å². The third-order valence-corrected chi connectivity index (χ3v) is 4.56. The van der Waals surface area contributed by atoms with Crippen LogP contribution in [0, 0.1) is 5.92 Å². The SMILES string of the molecule is O=C(Cn1ncc(=O)c2ccccc21)N[C@H]1CCC[C@@H](C(F)(F)F)C1. The molecule has 1 aromatic carbocycles. The summed E-state index contributed by atoms with van der Waals surface area (Å²) >= 11 is 0. The third-order valence-electron chi connectivity index (χ3n) is 4.56. The van der Waals surface area contributed by atoms with Crippen LogP contribution in [-0.4, -0.2) is 27.9 Å². The van der Waals surface area contributed by atoms with E-state index in [2.05, 4.69) is 10.4 Å². The van der Waals surface area contributed by atoms with Crippen molar-refractivity contribution in [3.8, 4) is 0 Å². The Morgan fingerprint density at radius 2 is 2.04 bits per heavy atom. The van der Waals surface area contributed by atoms with Crippen molar-refractivity contribution in [1.82, 2.24) is 15.1 Å². The number of nitrogens with zero attached hydrogens (tertiary/aromatic N) is 2. The quantitative estimate of drug-likeness (QED) is 0.923. The van der Waals surface area contributed by atoms with E-state index in [1.165, 1.54) is 4.68 Å². The number of para-hydroxylation sites is 1. The van der Waals surface area contributed by atoms with Crippen molar-refractivity contribution in [3.63, 3.8) is 0 Å². The van der Waals surface area contributed by atoms with E-state index in [9.17, 15) is 22.8 Å². The first-order valence-corrected chi connectivity index (χ1v) is 8.15. The number of hydrogen-bond acceptors (Lipinski definition) is 3. The molecule has 1 aliphatic rings. The first-order chi connectivity index (χ1) is 11.8. The summed E-state index contributed by atoms with van der Waals surface area (Å²) < 4.78 is 39.9. The number of rotatable bonds is 3. The minimum Gasteiger partial charge on any atom is -0.352 e. The van der Waals surface area contributed by atoms with Gasteiger partial charge in [-0.2, -0.15) is 18.3 Å². The molecule has 0 saturated heterocycles. The van der Waals surface area contributed by atoms with Crippen LogP contribution in [0.5, 0.6) is 0 Å². The molecule has 2 aromatic rings. The largest absolute Gasteiger partial charge is 0.391 e. The van der Waals surface area contributed by atoms with Crippen LogP contribution in [0.25, 0.3) is 10.9 Å². The van der Waals surface area contributed by atoms with E-state index in [-0.39, 0.29) is 24.8 Å². The van der Waals surface area contributed by atoms with E-state index < -0.39 is 24.0 Å². The van der Waals surface area contributed by atoms with Crippen molar-refractivity contribution in [3.05, 3.63) is 40.7 Å². The van der Waals surface area contributed by atoms with Gasteiger partial charge in [-0.25, -0.2) is 0 Å². The Labute approximate surface area is 141 Å². The molecule has 25 heavy (non-hydrogen) atoms. The molecule has 8 heteroatoms. The molecule has 1 fully saturated rings. The molecule has 1 aromatic heterocycles. The Kier molecular flexibility index (Phi) is 4.78. The predicted molar refractivity (Wildman–Crippen MR) is 85.9 cm³/mol. The summed E-state index contributed by atoms with van der Waals surface area (Å²) in [5, 5.41) is 7.07. The van der Waals surface area contributed by atoms with Crippen LogP contribution in [0.15, 0.2) is 35.3 Å². The van der Waals surface area contributed by atoms with Gasteiger partial charge in [0, 0.05) is 11.4 Å². The van der Waals surface area contributed by atoms with Crippen LogP contribution in [0.4, 0.5) is 13.2 Å². The molecule has 1 aliphatic carbocycles. The number of aromatic nitrogens is 2. The highest BCUT2D eigenvalue weighted by Gasteiger charge is 2.42. The molecule has 1 N–H and O–H groups in total. The maximum absolute atomic E-state index is 12.9. The second kappa shape index (κ2) is 6.85. The van der Waals surface area contributed by atoms with Gasteiger partial charge in [0.05, 0.1) is 17.6 Å². The van der Waals surface area contributed by atoms with Crippen LogP contribution in [0.2, 0.25) is 0 Å². The second-order valence-corrected chi connectivity index (χ2v) is 6.35. The first kappa shape index (κ1) is 17.4. The van der Waals surface area contributed by atoms with Crippen molar-refractivity contribution in [1.29, 1.82) is 0 Å². The molecule has 1 saturated carbocycles. The van der Waals surface area contributed by atoms with Crippen LogP contribution in [0.1, 0.15) is 25.7 Å². The highest BCUT2D eigenvalue weighted by molar-refractivity contribution is 5.81. The zero-order chi connectivity index (χ0) is 18.0. The second-order valence-electron chi connectivity index (χ2n) is 6.35. The first-order valence-electron chi connectivity index (χ1n) is 8.15. The Hall–Kier alpha value is -2.38. The summed E-state index contributed by atoms with van der Waals surface area (Å²) in [4.78, 5) is 24.0. The summed E-state index contributed by atoms with van der Waals surface area (Å²) in [7, 11) is 0. The maximum atomic E-state index is 12.9. The molecule has 3 rings (SSSR count). The Bertz CT molecular complexity index is 832. The molecule has 0 bridgehead atoms. The van der Waals surface area contributed by atoms with Crippen molar-refractivity contribution in [2.75, 3.05) is 0 Å². The van der Waals surface area contributed by atoms with Gasteiger partial charge in [0.15, 0.2) is 0 Å². The normalized spacial score (nSPS) is 21.2. The number of amides is 1. The van der Waals surface area contributed by atoms with E-state index in [4.69, 9.17) is 0 Å². The van der Waals surface area contributed by atoms with Gasteiger partial charge in [-0.1, -0.05) is 18.6 Å². The summed E-state index contributed by atoms with van der Waals surface area (Å²) in [6, 6.07) is 6.28. The van der Waals surface area contributed by atoms with Crippen molar-refractivity contribution < 1.29 is 18.0 Å².